The SMILES string of the molecule is CNc1oc(-c2ccco2)nc1S(=O)(=O)c1cc(Cl)ccc1Cl. The van der Waals surface area contributed by atoms with Gasteiger partial charge in [-0.1, -0.05) is 23.2 Å². The molecular weight excluding hydrogens is 363 g/mol. The van der Waals surface area contributed by atoms with Crippen molar-refractivity contribution in [3.05, 3.63) is 46.6 Å². The number of nitrogens with one attached hydrogen (secondary N) is 1. The smallest absolute Gasteiger partial charge is 0.266 e. The van der Waals surface area contributed by atoms with E-state index in [2.05, 4.69) is 10.3 Å². The molecule has 0 saturated carbocycles. The lowest BCUT2D eigenvalue weighted by molar-refractivity contribution is 0.524. The van der Waals surface area contributed by atoms with E-state index in [9.17, 15) is 8.42 Å². The molecule has 0 spiro atoms. The van der Waals surface area contributed by atoms with Crippen molar-refractivity contribution in [2.45, 2.75) is 9.92 Å². The summed E-state index contributed by atoms with van der Waals surface area (Å²) in [6.07, 6.45) is 1.43. The van der Waals surface area contributed by atoms with Gasteiger partial charge >= 0.3 is 0 Å². The van der Waals surface area contributed by atoms with Crippen molar-refractivity contribution >= 4 is 38.9 Å². The topological polar surface area (TPSA) is 85.3 Å². The van der Waals surface area contributed by atoms with Crippen LogP contribution < -0.4 is 5.32 Å². The lowest BCUT2D eigenvalue weighted by Gasteiger charge is -2.05. The predicted octanol–water partition coefficient (Wildman–Crippen LogP) is 4.12. The average molecular weight is 373 g/mol. The molecule has 120 valence electrons. The molecule has 1 aromatic carbocycles. The van der Waals surface area contributed by atoms with Gasteiger partial charge in [0, 0.05) is 12.1 Å². The highest BCUT2D eigenvalue weighted by Gasteiger charge is 2.30. The number of aromatic nitrogens is 1. The van der Waals surface area contributed by atoms with Crippen molar-refractivity contribution in [3.63, 3.8) is 0 Å². The Kier molecular flexibility index (Phi) is 4.09. The van der Waals surface area contributed by atoms with E-state index in [-0.39, 0.29) is 31.7 Å². The first-order chi connectivity index (χ1) is 10.9. The van der Waals surface area contributed by atoms with Gasteiger partial charge in [0.15, 0.2) is 5.76 Å². The summed E-state index contributed by atoms with van der Waals surface area (Å²) in [4.78, 5) is 3.88. The molecule has 0 radical (unpaired) electrons. The Morgan fingerprint density at radius 1 is 1.22 bits per heavy atom. The van der Waals surface area contributed by atoms with Gasteiger partial charge in [-0.05, 0) is 30.3 Å². The van der Waals surface area contributed by atoms with E-state index in [1.165, 1.54) is 31.5 Å². The molecule has 1 N–H and O–H groups in total. The summed E-state index contributed by atoms with van der Waals surface area (Å²) in [5.41, 5.74) is 0. The number of benzene rings is 1. The van der Waals surface area contributed by atoms with Crippen LogP contribution >= 0.6 is 23.2 Å². The number of hydrogen-bond acceptors (Lipinski definition) is 6. The third kappa shape index (κ3) is 2.83. The lowest BCUT2D eigenvalue weighted by atomic mass is 10.4. The average Bonchev–Trinajstić information content (AvgIpc) is 3.17. The van der Waals surface area contributed by atoms with Gasteiger partial charge in [-0.3, -0.25) is 0 Å². The minimum absolute atomic E-state index is 0.0209. The van der Waals surface area contributed by atoms with Crippen molar-refractivity contribution in [1.82, 2.24) is 4.98 Å². The second-order valence-electron chi connectivity index (χ2n) is 4.46. The largest absolute Gasteiger partial charge is 0.459 e. The van der Waals surface area contributed by atoms with E-state index in [4.69, 9.17) is 32.0 Å². The van der Waals surface area contributed by atoms with E-state index < -0.39 is 9.84 Å². The van der Waals surface area contributed by atoms with Gasteiger partial charge in [0.05, 0.1) is 16.2 Å². The molecule has 0 fully saturated rings. The Morgan fingerprint density at radius 3 is 2.65 bits per heavy atom. The highest BCUT2D eigenvalue weighted by Crippen LogP contribution is 2.35. The van der Waals surface area contributed by atoms with Crippen LogP contribution in [0.5, 0.6) is 0 Å². The molecule has 9 heteroatoms. The summed E-state index contributed by atoms with van der Waals surface area (Å²) in [5.74, 6) is 0.323. The van der Waals surface area contributed by atoms with Crippen molar-refractivity contribution < 1.29 is 17.3 Å². The number of halogens is 2. The minimum atomic E-state index is -4.03. The molecule has 23 heavy (non-hydrogen) atoms. The highest BCUT2D eigenvalue weighted by atomic mass is 35.5. The fraction of sp³-hybridized carbons (Fsp3) is 0.0714. The maximum atomic E-state index is 12.8. The van der Waals surface area contributed by atoms with E-state index in [0.717, 1.165) is 0 Å². The maximum absolute atomic E-state index is 12.8. The van der Waals surface area contributed by atoms with E-state index in [0.29, 0.717) is 5.76 Å². The second kappa shape index (κ2) is 5.92. The van der Waals surface area contributed by atoms with Crippen molar-refractivity contribution in [1.29, 1.82) is 0 Å². The number of rotatable bonds is 4. The van der Waals surface area contributed by atoms with Crippen LogP contribution in [-0.4, -0.2) is 20.4 Å². The van der Waals surface area contributed by atoms with Crippen LogP contribution in [0.25, 0.3) is 11.7 Å². The first-order valence-electron chi connectivity index (χ1n) is 6.36. The molecule has 2 heterocycles. The Bertz CT molecular complexity index is 949. The first kappa shape index (κ1) is 15.9. The van der Waals surface area contributed by atoms with Crippen molar-refractivity contribution in [2.24, 2.45) is 0 Å². The summed E-state index contributed by atoms with van der Waals surface area (Å²) in [6.45, 7) is 0. The van der Waals surface area contributed by atoms with Gasteiger partial charge in [0.25, 0.3) is 5.89 Å². The van der Waals surface area contributed by atoms with Crippen LogP contribution in [0.4, 0.5) is 5.88 Å². The predicted molar refractivity (Wildman–Crippen MR) is 85.7 cm³/mol. The normalized spacial score (nSPS) is 11.6. The fourth-order valence-corrected chi connectivity index (χ4v) is 4.00. The summed E-state index contributed by atoms with van der Waals surface area (Å²) < 4.78 is 36.2. The molecule has 0 amide bonds. The molecule has 0 aliphatic carbocycles. The number of nitrogens with zero attached hydrogens (tertiary/aromatic N) is 1. The first-order valence-corrected chi connectivity index (χ1v) is 8.60. The third-order valence-corrected chi connectivity index (χ3v) is 5.37. The van der Waals surface area contributed by atoms with Gasteiger partial charge in [0.2, 0.25) is 20.7 Å². The standard InChI is InChI=1S/C14H10Cl2N2O4S/c1-17-13-14(18-12(22-13)10-3-2-6-21-10)23(19,20)11-7-8(15)4-5-9(11)16/h2-7,17H,1H3. The van der Waals surface area contributed by atoms with Crippen LogP contribution in [0, 0.1) is 0 Å². The zero-order valence-electron chi connectivity index (χ0n) is 11.7. The van der Waals surface area contributed by atoms with Crippen LogP contribution in [0.2, 0.25) is 10.0 Å². The Hall–Kier alpha value is -1.96. The summed E-state index contributed by atoms with van der Waals surface area (Å²) >= 11 is 11.9. The van der Waals surface area contributed by atoms with E-state index in [1.54, 1.807) is 12.1 Å². The maximum Gasteiger partial charge on any atom is 0.266 e. The van der Waals surface area contributed by atoms with E-state index >= 15 is 0 Å². The number of anilines is 1. The molecule has 0 saturated heterocycles. The zero-order valence-corrected chi connectivity index (χ0v) is 14.0. The van der Waals surface area contributed by atoms with Crippen LogP contribution in [-0.2, 0) is 9.84 Å². The molecule has 6 nitrogen and oxygen atoms in total. The molecule has 2 aromatic heterocycles. The van der Waals surface area contributed by atoms with Gasteiger partial charge in [0.1, 0.15) is 0 Å². The fourth-order valence-electron chi connectivity index (χ4n) is 1.94. The number of hydrogen-bond donors (Lipinski definition) is 1. The molecule has 0 aliphatic rings. The van der Waals surface area contributed by atoms with Gasteiger partial charge in [-0.15, -0.1) is 0 Å². The number of oxazole rings is 1. The van der Waals surface area contributed by atoms with Crippen LogP contribution in [0.15, 0.2) is 55.4 Å². The van der Waals surface area contributed by atoms with Crippen molar-refractivity contribution in [2.75, 3.05) is 12.4 Å². The van der Waals surface area contributed by atoms with Gasteiger partial charge < -0.3 is 14.2 Å². The molecule has 0 bridgehead atoms. The minimum Gasteiger partial charge on any atom is -0.459 e. The second-order valence-corrected chi connectivity index (χ2v) is 7.14. The summed E-state index contributed by atoms with van der Waals surface area (Å²) in [6, 6.07) is 7.41. The molecular formula is C14H10Cl2N2O4S. The van der Waals surface area contributed by atoms with Gasteiger partial charge in [-0.25, -0.2) is 8.42 Å². The molecule has 0 aliphatic heterocycles. The Labute approximate surface area is 142 Å². The quantitative estimate of drug-likeness (QED) is 0.741. The zero-order chi connectivity index (χ0) is 16.6. The molecule has 3 rings (SSSR count). The Morgan fingerprint density at radius 2 is 2.00 bits per heavy atom. The monoisotopic (exact) mass is 372 g/mol. The summed E-state index contributed by atoms with van der Waals surface area (Å²) in [7, 11) is -2.51. The lowest BCUT2D eigenvalue weighted by Crippen LogP contribution is -2.06. The molecule has 0 atom stereocenters. The number of furan rings is 1. The van der Waals surface area contributed by atoms with Crippen LogP contribution in [0.1, 0.15) is 0 Å². The third-order valence-electron chi connectivity index (χ3n) is 2.99. The summed E-state index contributed by atoms with van der Waals surface area (Å²) in [5, 5.41) is 2.65. The molecule has 0 unspecified atom stereocenters. The number of sulfone groups is 1. The van der Waals surface area contributed by atoms with Crippen molar-refractivity contribution in [3.8, 4) is 11.7 Å². The van der Waals surface area contributed by atoms with E-state index in [1.807, 2.05) is 0 Å². The molecule has 3 aromatic rings. The Balaban J connectivity index is 2.19. The van der Waals surface area contributed by atoms with Gasteiger partial charge in [-0.2, -0.15) is 4.98 Å². The highest BCUT2D eigenvalue weighted by molar-refractivity contribution is 7.91. The van der Waals surface area contributed by atoms with Crippen LogP contribution in [0.3, 0.4) is 0 Å².